The fourth-order valence-corrected chi connectivity index (χ4v) is 2.61. The summed E-state index contributed by atoms with van der Waals surface area (Å²) in [6, 6.07) is 4.97. The van der Waals surface area contributed by atoms with Gasteiger partial charge in [0.1, 0.15) is 0 Å². The highest BCUT2D eigenvalue weighted by Crippen LogP contribution is 2.26. The number of carbonyl (C=O) groups is 2. The SMILES string of the molecule is CNC(=O)c1cc(NC(=O)C2CCC(N)C2)ccc1Cl. The van der Waals surface area contributed by atoms with Crippen molar-refractivity contribution in [1.82, 2.24) is 5.32 Å². The van der Waals surface area contributed by atoms with Gasteiger partial charge >= 0.3 is 0 Å². The predicted octanol–water partition coefficient (Wildman–Crippen LogP) is 1.77. The third-order valence-corrected chi connectivity index (χ3v) is 3.88. The smallest absolute Gasteiger partial charge is 0.252 e. The Morgan fingerprint density at radius 2 is 2.10 bits per heavy atom. The van der Waals surface area contributed by atoms with Crippen LogP contribution in [-0.2, 0) is 4.79 Å². The zero-order valence-electron chi connectivity index (χ0n) is 11.3. The maximum atomic E-state index is 12.1. The lowest BCUT2D eigenvalue weighted by atomic mass is 10.1. The molecule has 2 rings (SSSR count). The second kappa shape index (κ2) is 6.24. The summed E-state index contributed by atoms with van der Waals surface area (Å²) in [5.41, 5.74) is 6.72. The second-order valence-electron chi connectivity index (χ2n) is 5.03. The van der Waals surface area contributed by atoms with Gasteiger partial charge in [0.15, 0.2) is 0 Å². The van der Waals surface area contributed by atoms with E-state index in [2.05, 4.69) is 10.6 Å². The molecule has 0 spiro atoms. The molecule has 4 N–H and O–H groups in total. The van der Waals surface area contributed by atoms with Crippen LogP contribution >= 0.6 is 11.6 Å². The van der Waals surface area contributed by atoms with E-state index in [1.807, 2.05) is 0 Å². The number of benzene rings is 1. The number of nitrogens with two attached hydrogens (primary N) is 1. The van der Waals surface area contributed by atoms with Crippen molar-refractivity contribution in [1.29, 1.82) is 0 Å². The summed E-state index contributed by atoms with van der Waals surface area (Å²) in [6.45, 7) is 0. The summed E-state index contributed by atoms with van der Waals surface area (Å²) in [5.74, 6) is -0.388. The van der Waals surface area contributed by atoms with Crippen LogP contribution in [0.15, 0.2) is 18.2 Å². The lowest BCUT2D eigenvalue weighted by Crippen LogP contribution is -2.23. The van der Waals surface area contributed by atoms with Crippen LogP contribution in [0.25, 0.3) is 0 Å². The van der Waals surface area contributed by atoms with Gasteiger partial charge in [-0.1, -0.05) is 11.6 Å². The molecule has 5 nitrogen and oxygen atoms in total. The monoisotopic (exact) mass is 295 g/mol. The zero-order valence-corrected chi connectivity index (χ0v) is 12.0. The molecule has 20 heavy (non-hydrogen) atoms. The Morgan fingerprint density at radius 1 is 1.35 bits per heavy atom. The predicted molar refractivity (Wildman–Crippen MR) is 78.8 cm³/mol. The van der Waals surface area contributed by atoms with Gasteiger partial charge in [-0.3, -0.25) is 9.59 Å². The molecule has 2 atom stereocenters. The molecular formula is C14H18ClN3O2. The molecule has 1 aromatic rings. The van der Waals surface area contributed by atoms with Crippen molar-refractivity contribution in [3.05, 3.63) is 28.8 Å². The molecule has 1 aromatic carbocycles. The summed E-state index contributed by atoms with van der Waals surface area (Å²) in [7, 11) is 1.53. The van der Waals surface area contributed by atoms with Gasteiger partial charge in [0.25, 0.3) is 5.91 Å². The first-order valence-corrected chi connectivity index (χ1v) is 6.97. The van der Waals surface area contributed by atoms with Crippen LogP contribution in [0.2, 0.25) is 5.02 Å². The van der Waals surface area contributed by atoms with Gasteiger partial charge in [0, 0.05) is 24.7 Å². The lowest BCUT2D eigenvalue weighted by molar-refractivity contribution is -0.119. The first kappa shape index (κ1) is 14.8. The van der Waals surface area contributed by atoms with Gasteiger partial charge in [-0.05, 0) is 37.5 Å². The van der Waals surface area contributed by atoms with Gasteiger partial charge < -0.3 is 16.4 Å². The average molecular weight is 296 g/mol. The number of anilines is 1. The molecule has 2 amide bonds. The number of nitrogens with one attached hydrogen (secondary N) is 2. The van der Waals surface area contributed by atoms with Crippen molar-refractivity contribution in [2.45, 2.75) is 25.3 Å². The Bertz CT molecular complexity index is 533. The van der Waals surface area contributed by atoms with Crippen molar-refractivity contribution in [3.8, 4) is 0 Å². The fourth-order valence-electron chi connectivity index (χ4n) is 2.41. The Labute approximate surface area is 122 Å². The first-order valence-electron chi connectivity index (χ1n) is 6.59. The van der Waals surface area contributed by atoms with E-state index < -0.39 is 0 Å². The van der Waals surface area contributed by atoms with Crippen molar-refractivity contribution < 1.29 is 9.59 Å². The Hall–Kier alpha value is -1.59. The van der Waals surface area contributed by atoms with Gasteiger partial charge in [-0.25, -0.2) is 0 Å². The van der Waals surface area contributed by atoms with E-state index in [0.29, 0.717) is 22.7 Å². The fraction of sp³-hybridized carbons (Fsp3) is 0.429. The number of rotatable bonds is 3. The minimum atomic E-state index is -0.283. The molecule has 0 heterocycles. The van der Waals surface area contributed by atoms with Gasteiger partial charge in [-0.15, -0.1) is 0 Å². The molecule has 0 saturated heterocycles. The first-order chi connectivity index (χ1) is 9.51. The van der Waals surface area contributed by atoms with E-state index in [-0.39, 0.29) is 23.8 Å². The maximum absolute atomic E-state index is 12.1. The number of carbonyl (C=O) groups excluding carboxylic acids is 2. The molecule has 1 aliphatic carbocycles. The topological polar surface area (TPSA) is 84.2 Å². The minimum Gasteiger partial charge on any atom is -0.355 e. The van der Waals surface area contributed by atoms with Gasteiger partial charge in [-0.2, -0.15) is 0 Å². The molecular weight excluding hydrogens is 278 g/mol. The van der Waals surface area contributed by atoms with Crippen molar-refractivity contribution >= 4 is 29.1 Å². The van der Waals surface area contributed by atoms with Gasteiger partial charge in [0.2, 0.25) is 5.91 Å². The third-order valence-electron chi connectivity index (χ3n) is 3.55. The number of amides is 2. The van der Waals surface area contributed by atoms with Crippen molar-refractivity contribution in [2.24, 2.45) is 11.7 Å². The molecule has 1 fully saturated rings. The van der Waals surface area contributed by atoms with Crippen LogP contribution in [0.4, 0.5) is 5.69 Å². The molecule has 0 bridgehead atoms. The Kier molecular flexibility index (Phi) is 4.62. The van der Waals surface area contributed by atoms with Crippen LogP contribution in [0.1, 0.15) is 29.6 Å². The summed E-state index contributed by atoms with van der Waals surface area (Å²) >= 11 is 5.96. The molecule has 0 aromatic heterocycles. The maximum Gasteiger partial charge on any atom is 0.252 e. The molecule has 0 radical (unpaired) electrons. The minimum absolute atomic E-state index is 0.0517. The van der Waals surface area contributed by atoms with E-state index >= 15 is 0 Å². The summed E-state index contributed by atoms with van der Waals surface area (Å²) in [4.78, 5) is 23.7. The molecule has 0 aliphatic heterocycles. The molecule has 1 saturated carbocycles. The molecule has 6 heteroatoms. The van der Waals surface area contributed by atoms with Gasteiger partial charge in [0.05, 0.1) is 10.6 Å². The van der Waals surface area contributed by atoms with E-state index in [4.69, 9.17) is 17.3 Å². The number of halogens is 1. The number of hydrogen-bond acceptors (Lipinski definition) is 3. The average Bonchev–Trinajstić information content (AvgIpc) is 2.87. The lowest BCUT2D eigenvalue weighted by Gasteiger charge is -2.12. The van der Waals surface area contributed by atoms with Crippen LogP contribution in [-0.4, -0.2) is 24.9 Å². The highest BCUT2D eigenvalue weighted by Gasteiger charge is 2.27. The highest BCUT2D eigenvalue weighted by atomic mass is 35.5. The van der Waals surface area contributed by atoms with Crippen LogP contribution in [0, 0.1) is 5.92 Å². The highest BCUT2D eigenvalue weighted by molar-refractivity contribution is 6.34. The standard InChI is InChI=1S/C14H18ClN3O2/c1-17-14(20)11-7-10(4-5-12(11)15)18-13(19)8-2-3-9(16)6-8/h4-5,7-9H,2-3,6,16H2,1H3,(H,17,20)(H,18,19). The summed E-state index contributed by atoms with van der Waals surface area (Å²) in [6.07, 6.45) is 2.40. The van der Waals surface area contributed by atoms with Crippen molar-refractivity contribution in [3.63, 3.8) is 0 Å². The third kappa shape index (κ3) is 3.29. The molecule has 1 aliphatic rings. The van der Waals surface area contributed by atoms with Crippen LogP contribution < -0.4 is 16.4 Å². The summed E-state index contributed by atoms with van der Waals surface area (Å²) in [5, 5.41) is 5.68. The van der Waals surface area contributed by atoms with E-state index in [1.165, 1.54) is 7.05 Å². The second-order valence-corrected chi connectivity index (χ2v) is 5.44. The zero-order chi connectivity index (χ0) is 14.7. The van der Waals surface area contributed by atoms with E-state index in [0.717, 1.165) is 12.8 Å². The normalized spacial score (nSPS) is 21.6. The van der Waals surface area contributed by atoms with Crippen LogP contribution in [0.5, 0.6) is 0 Å². The summed E-state index contributed by atoms with van der Waals surface area (Å²) < 4.78 is 0. The van der Waals surface area contributed by atoms with E-state index in [1.54, 1.807) is 18.2 Å². The Balaban J connectivity index is 2.10. The van der Waals surface area contributed by atoms with E-state index in [9.17, 15) is 9.59 Å². The molecule has 2 unspecified atom stereocenters. The Morgan fingerprint density at radius 3 is 2.70 bits per heavy atom. The largest absolute Gasteiger partial charge is 0.355 e. The quantitative estimate of drug-likeness (QED) is 0.794. The number of hydrogen-bond donors (Lipinski definition) is 3. The van der Waals surface area contributed by atoms with Crippen molar-refractivity contribution in [2.75, 3.05) is 12.4 Å². The molecule has 108 valence electrons. The van der Waals surface area contributed by atoms with Crippen LogP contribution in [0.3, 0.4) is 0 Å².